The van der Waals surface area contributed by atoms with Crippen LogP contribution in [-0.2, 0) is 14.8 Å². The number of pyridine rings is 1. The molecule has 2 aliphatic heterocycles. The van der Waals surface area contributed by atoms with Gasteiger partial charge in [-0.1, -0.05) is 0 Å². The average molecular weight is 485 g/mol. The van der Waals surface area contributed by atoms with E-state index in [9.17, 15) is 26.4 Å². The highest BCUT2D eigenvalue weighted by molar-refractivity contribution is 7.89. The van der Waals surface area contributed by atoms with E-state index in [2.05, 4.69) is 9.72 Å². The number of halogens is 3. The average Bonchev–Trinajstić information content (AvgIpc) is 3.09. The van der Waals surface area contributed by atoms with Gasteiger partial charge >= 0.3 is 6.36 Å². The number of rotatable bonds is 5. The lowest BCUT2D eigenvalue weighted by atomic mass is 9.77. The van der Waals surface area contributed by atoms with Gasteiger partial charge in [0.25, 0.3) is 0 Å². The second-order valence-corrected chi connectivity index (χ2v) is 9.85. The van der Waals surface area contributed by atoms with Crippen molar-refractivity contribution in [3.63, 3.8) is 0 Å². The Morgan fingerprint density at radius 1 is 1.03 bits per heavy atom. The molecule has 2 saturated heterocycles. The molecular weight excluding hydrogens is 463 g/mol. The maximum atomic E-state index is 13.2. The number of alkyl halides is 3. The number of carbonyl (C=O) groups excluding carboxylic acids is 1. The molecule has 1 amide bonds. The summed E-state index contributed by atoms with van der Waals surface area (Å²) in [5.41, 5.74) is -0.229. The van der Waals surface area contributed by atoms with Crippen molar-refractivity contribution >= 4 is 21.6 Å². The second kappa shape index (κ2) is 8.49. The van der Waals surface area contributed by atoms with E-state index in [1.165, 1.54) is 46.8 Å². The van der Waals surface area contributed by atoms with Crippen molar-refractivity contribution in [2.75, 3.05) is 31.6 Å². The van der Waals surface area contributed by atoms with Crippen molar-refractivity contribution in [2.45, 2.75) is 30.5 Å². The fourth-order valence-electron chi connectivity index (χ4n) is 4.38. The zero-order chi connectivity index (χ0) is 23.9. The number of piperidine rings is 1. The largest absolute Gasteiger partial charge is 0.573 e. The third-order valence-corrected chi connectivity index (χ3v) is 8.03. The molecule has 0 aliphatic carbocycles. The first-order valence-electron chi connectivity index (χ1n) is 10.2. The van der Waals surface area contributed by atoms with Crippen LogP contribution < -0.4 is 14.4 Å². The molecule has 3 heterocycles. The number of anilines is 1. The molecular formula is C21H22F3N3O5S. The molecule has 0 N–H and O–H groups in total. The summed E-state index contributed by atoms with van der Waals surface area (Å²) in [5, 5.41) is 0. The molecule has 33 heavy (non-hydrogen) atoms. The Morgan fingerprint density at radius 3 is 2.27 bits per heavy atom. The number of methoxy groups -OCH3 is 1. The van der Waals surface area contributed by atoms with E-state index in [0.717, 1.165) is 12.1 Å². The molecule has 8 nitrogen and oxygen atoms in total. The highest BCUT2D eigenvalue weighted by Gasteiger charge is 2.50. The van der Waals surface area contributed by atoms with E-state index in [1.807, 2.05) is 0 Å². The number of benzene rings is 1. The van der Waals surface area contributed by atoms with E-state index < -0.39 is 21.8 Å². The quantitative estimate of drug-likeness (QED) is 0.646. The minimum absolute atomic E-state index is 0.0128. The Kier molecular flexibility index (Phi) is 5.99. The number of amides is 1. The number of hydrogen-bond acceptors (Lipinski definition) is 6. The van der Waals surface area contributed by atoms with Gasteiger partial charge in [-0.3, -0.25) is 4.79 Å². The van der Waals surface area contributed by atoms with Crippen molar-refractivity contribution in [1.82, 2.24) is 9.29 Å². The molecule has 2 aromatic rings. The predicted molar refractivity (Wildman–Crippen MR) is 111 cm³/mol. The summed E-state index contributed by atoms with van der Waals surface area (Å²) in [5.74, 6) is -0.501. The number of aromatic nitrogens is 1. The topological polar surface area (TPSA) is 89.0 Å². The third-order valence-electron chi connectivity index (χ3n) is 6.12. The number of hydrogen-bond donors (Lipinski definition) is 0. The Morgan fingerprint density at radius 2 is 1.67 bits per heavy atom. The highest BCUT2D eigenvalue weighted by atomic mass is 32.2. The van der Waals surface area contributed by atoms with Gasteiger partial charge in [0.2, 0.25) is 21.8 Å². The van der Waals surface area contributed by atoms with E-state index in [4.69, 9.17) is 4.74 Å². The number of carbonyl (C=O) groups is 1. The molecule has 4 rings (SSSR count). The van der Waals surface area contributed by atoms with Gasteiger partial charge in [-0.05, 0) is 55.7 Å². The van der Waals surface area contributed by atoms with Gasteiger partial charge in [0.05, 0.1) is 12.5 Å². The van der Waals surface area contributed by atoms with Crippen molar-refractivity contribution in [1.29, 1.82) is 0 Å². The number of nitrogens with zero attached hydrogens (tertiary/aromatic N) is 3. The van der Waals surface area contributed by atoms with Gasteiger partial charge in [0, 0.05) is 31.5 Å². The first-order valence-corrected chi connectivity index (χ1v) is 11.7. The molecule has 1 aromatic carbocycles. The molecule has 0 saturated carbocycles. The summed E-state index contributed by atoms with van der Waals surface area (Å²) < 4.78 is 73.6. The van der Waals surface area contributed by atoms with Crippen molar-refractivity contribution in [2.24, 2.45) is 5.41 Å². The molecule has 0 unspecified atom stereocenters. The summed E-state index contributed by atoms with van der Waals surface area (Å²) in [6.07, 6.45) is -2.12. The fraction of sp³-hybridized carbons (Fsp3) is 0.429. The summed E-state index contributed by atoms with van der Waals surface area (Å²) in [6.45, 7) is 0.734. The lowest BCUT2D eigenvalue weighted by Gasteiger charge is -2.37. The second-order valence-electron chi connectivity index (χ2n) is 7.94. The van der Waals surface area contributed by atoms with E-state index in [-0.39, 0.29) is 35.5 Å². The summed E-state index contributed by atoms with van der Waals surface area (Å²) in [6, 6.07) is 8.10. The summed E-state index contributed by atoms with van der Waals surface area (Å²) >= 11 is 0. The molecule has 0 atom stereocenters. The Labute approximate surface area is 189 Å². The van der Waals surface area contributed by atoms with Crippen LogP contribution in [-0.4, -0.2) is 56.7 Å². The van der Waals surface area contributed by atoms with Crippen molar-refractivity contribution < 1.29 is 35.9 Å². The van der Waals surface area contributed by atoms with Gasteiger partial charge in [-0.25, -0.2) is 13.4 Å². The highest BCUT2D eigenvalue weighted by Crippen LogP contribution is 2.44. The van der Waals surface area contributed by atoms with Gasteiger partial charge in [-0.15, -0.1) is 13.2 Å². The molecule has 1 spiro atoms. The third kappa shape index (κ3) is 4.49. The first-order chi connectivity index (χ1) is 15.6. The fourth-order valence-corrected chi connectivity index (χ4v) is 5.93. The Balaban J connectivity index is 1.45. The maximum Gasteiger partial charge on any atom is 0.573 e. The molecule has 2 aliphatic rings. The molecule has 0 bridgehead atoms. The van der Waals surface area contributed by atoms with Crippen LogP contribution in [0, 0.1) is 5.41 Å². The SMILES string of the molecule is COc1ncccc1S(=O)(=O)N1CCC2(CCN(c3ccc(OC(F)(F)F)cc3)C2=O)CC1. The van der Waals surface area contributed by atoms with Gasteiger partial charge in [-0.2, -0.15) is 4.31 Å². The molecule has 12 heteroatoms. The Bertz CT molecular complexity index is 1130. The molecule has 2 fully saturated rings. The van der Waals surface area contributed by atoms with Crippen LogP contribution >= 0.6 is 0 Å². The zero-order valence-electron chi connectivity index (χ0n) is 17.7. The smallest absolute Gasteiger partial charge is 0.480 e. The molecule has 1 aromatic heterocycles. The van der Waals surface area contributed by atoms with Crippen LogP contribution in [0.25, 0.3) is 0 Å². The number of ether oxygens (including phenoxy) is 2. The minimum atomic E-state index is -4.79. The predicted octanol–water partition coefficient (Wildman–Crippen LogP) is 3.20. The van der Waals surface area contributed by atoms with Crippen LogP contribution in [0.15, 0.2) is 47.5 Å². The van der Waals surface area contributed by atoms with E-state index in [0.29, 0.717) is 31.5 Å². The summed E-state index contributed by atoms with van der Waals surface area (Å²) in [4.78, 5) is 18.7. The number of sulfonamides is 1. The lowest BCUT2D eigenvalue weighted by Crippen LogP contribution is -2.46. The minimum Gasteiger partial charge on any atom is -0.480 e. The van der Waals surface area contributed by atoms with Crippen molar-refractivity contribution in [3.05, 3.63) is 42.6 Å². The standard InChI is InChI=1S/C21H22F3N3O5S/c1-31-18-17(3-2-11-25-18)33(29,30)26-12-8-20(9-13-26)10-14-27(19(20)28)15-4-6-16(7-5-15)32-21(22,23)24/h2-7,11H,8-10,12-14H2,1H3. The lowest BCUT2D eigenvalue weighted by molar-refractivity contribution is -0.274. The maximum absolute atomic E-state index is 13.2. The van der Waals surface area contributed by atoms with E-state index >= 15 is 0 Å². The van der Waals surface area contributed by atoms with Crippen LogP contribution in [0.5, 0.6) is 11.6 Å². The zero-order valence-corrected chi connectivity index (χ0v) is 18.5. The monoisotopic (exact) mass is 485 g/mol. The summed E-state index contributed by atoms with van der Waals surface area (Å²) in [7, 11) is -2.49. The van der Waals surface area contributed by atoms with Crippen LogP contribution in [0.2, 0.25) is 0 Å². The molecule has 0 radical (unpaired) electrons. The molecule has 178 valence electrons. The van der Waals surface area contributed by atoms with Gasteiger partial charge in [0.1, 0.15) is 10.6 Å². The van der Waals surface area contributed by atoms with Crippen LogP contribution in [0.1, 0.15) is 19.3 Å². The van der Waals surface area contributed by atoms with Gasteiger partial charge < -0.3 is 14.4 Å². The van der Waals surface area contributed by atoms with Crippen LogP contribution in [0.3, 0.4) is 0 Å². The normalized spacial score (nSPS) is 19.2. The van der Waals surface area contributed by atoms with Gasteiger partial charge in [0.15, 0.2) is 0 Å². The van der Waals surface area contributed by atoms with Crippen molar-refractivity contribution in [3.8, 4) is 11.6 Å². The first kappa shape index (κ1) is 23.3. The van der Waals surface area contributed by atoms with E-state index in [1.54, 1.807) is 0 Å². The Hall–Kier alpha value is -2.86. The van der Waals surface area contributed by atoms with Crippen LogP contribution in [0.4, 0.5) is 18.9 Å².